The van der Waals surface area contributed by atoms with Crippen LogP contribution in [-0.2, 0) is 67.2 Å². The lowest BCUT2D eigenvalue weighted by Gasteiger charge is -2.12. The van der Waals surface area contributed by atoms with Gasteiger partial charge in [0.2, 0.25) is 0 Å². The number of nitrogen functional groups attached to an aromatic ring is 1. The molecular weight excluding hydrogens is 863 g/mol. The largest absolute Gasteiger partial charge is 0.505 e. The van der Waals surface area contributed by atoms with E-state index in [1.807, 2.05) is 0 Å². The van der Waals surface area contributed by atoms with Crippen LogP contribution in [0.4, 0.5) is 28.4 Å². The summed E-state index contributed by atoms with van der Waals surface area (Å²) in [5.74, 6) is -1.58. The number of phenols is 1. The Bertz CT molecular complexity index is 2270. The van der Waals surface area contributed by atoms with Crippen LogP contribution in [0.3, 0.4) is 0 Å². The van der Waals surface area contributed by atoms with Gasteiger partial charge in [0.15, 0.2) is 61.2 Å². The maximum Gasteiger partial charge on any atom is 0.197 e. The van der Waals surface area contributed by atoms with Crippen LogP contribution < -0.4 is 5.73 Å². The molecule has 0 aliphatic heterocycles. The van der Waals surface area contributed by atoms with Gasteiger partial charge >= 0.3 is 0 Å². The van der Waals surface area contributed by atoms with Crippen molar-refractivity contribution in [1.82, 2.24) is 0 Å². The lowest BCUT2D eigenvalue weighted by Crippen LogP contribution is -2.11. The van der Waals surface area contributed by atoms with E-state index in [1.54, 1.807) is 0 Å². The highest BCUT2D eigenvalue weighted by Gasteiger charge is 2.21. The van der Waals surface area contributed by atoms with Gasteiger partial charge < -0.3 is 15.4 Å². The van der Waals surface area contributed by atoms with Crippen LogP contribution in [-0.4, -0.2) is 71.2 Å². The second-order valence-electron chi connectivity index (χ2n) is 9.88. The molecule has 0 bridgehead atoms. The SMILES string of the molecule is Nc1ccc2c(O)c(N=Nc3cccc(S(=O)(=O)CCOSOOO)c3)c(SOOO)cc2c1N=Nc1ccc(S(=O)(=O)CCOSOOO)cc1S(=O)O. The number of hydrogen-bond donors (Lipinski definition) is 6. The van der Waals surface area contributed by atoms with Gasteiger partial charge in [-0.15, -0.1) is 28.3 Å². The first-order chi connectivity index (χ1) is 26.3. The van der Waals surface area contributed by atoms with E-state index in [0.717, 1.165) is 18.2 Å². The molecule has 298 valence electrons. The van der Waals surface area contributed by atoms with Crippen molar-refractivity contribution in [1.29, 1.82) is 0 Å². The summed E-state index contributed by atoms with van der Waals surface area (Å²) in [5.41, 5.74) is 5.71. The van der Waals surface area contributed by atoms with E-state index in [0.29, 0.717) is 12.0 Å². The highest BCUT2D eigenvalue weighted by Crippen LogP contribution is 2.48. The molecule has 4 aromatic rings. The van der Waals surface area contributed by atoms with E-state index in [1.165, 1.54) is 42.5 Å². The van der Waals surface area contributed by atoms with Gasteiger partial charge in [0.25, 0.3) is 0 Å². The van der Waals surface area contributed by atoms with Gasteiger partial charge in [-0.3, -0.25) is 8.37 Å². The van der Waals surface area contributed by atoms with Crippen molar-refractivity contribution in [3.63, 3.8) is 0 Å². The van der Waals surface area contributed by atoms with E-state index in [4.69, 9.17) is 29.9 Å². The summed E-state index contributed by atoms with van der Waals surface area (Å²) in [6, 6.07) is 12.6. The smallest absolute Gasteiger partial charge is 0.197 e. The predicted octanol–water partition coefficient (Wildman–Crippen LogP) is 6.52. The molecule has 0 fully saturated rings. The molecule has 55 heavy (non-hydrogen) atoms. The number of azo groups is 2. The van der Waals surface area contributed by atoms with Crippen LogP contribution in [0.25, 0.3) is 10.8 Å². The van der Waals surface area contributed by atoms with Crippen LogP contribution in [0.2, 0.25) is 0 Å². The molecule has 0 saturated heterocycles. The second-order valence-corrected chi connectivity index (χ2v) is 16.8. The van der Waals surface area contributed by atoms with Crippen LogP contribution in [0.5, 0.6) is 5.75 Å². The standard InChI is InChI=1S/C26H25N5O18S6/c27-20-6-5-18-19(24(20)30-29-21-7-4-17(13-23(21)53(36)37)55(40,41)11-9-43-52-49-46-35)14-22(50-47-44-33)25(26(18)32)31-28-15-2-1-3-16(12-15)54(38,39)10-8-42-51-48-45-34/h1-7,12-14,32-35H,8-11,27H2,(H,36,37). The average molecular weight is 888 g/mol. The van der Waals surface area contributed by atoms with Crippen molar-refractivity contribution in [2.24, 2.45) is 20.5 Å². The molecule has 7 N–H and O–H groups in total. The van der Waals surface area contributed by atoms with Crippen molar-refractivity contribution in [2.75, 3.05) is 30.5 Å². The lowest BCUT2D eigenvalue weighted by atomic mass is 10.1. The predicted molar refractivity (Wildman–Crippen MR) is 192 cm³/mol. The van der Waals surface area contributed by atoms with Crippen molar-refractivity contribution in [2.45, 2.75) is 19.6 Å². The molecule has 4 aromatic carbocycles. The Balaban J connectivity index is 1.68. The minimum atomic E-state index is -4.05. The highest BCUT2D eigenvalue weighted by atomic mass is 32.2. The third-order valence-electron chi connectivity index (χ3n) is 6.65. The van der Waals surface area contributed by atoms with Crippen molar-refractivity contribution in [3.8, 4) is 5.75 Å². The summed E-state index contributed by atoms with van der Waals surface area (Å²) in [4.78, 5) is -0.966. The molecule has 0 spiro atoms. The summed E-state index contributed by atoms with van der Waals surface area (Å²) >= 11 is -2.00. The zero-order valence-electron chi connectivity index (χ0n) is 27.0. The summed E-state index contributed by atoms with van der Waals surface area (Å²) < 4.78 is 95.3. The first-order valence-corrected chi connectivity index (χ1v) is 20.7. The fourth-order valence-corrected chi connectivity index (χ4v) is 8.22. The number of sulfone groups is 2. The number of nitrogens with two attached hydrogens (primary N) is 1. The molecule has 0 aliphatic carbocycles. The van der Waals surface area contributed by atoms with Gasteiger partial charge in [0.05, 0.1) is 67.7 Å². The maximum absolute atomic E-state index is 12.8. The third kappa shape index (κ3) is 12.3. The number of rotatable bonds is 22. The van der Waals surface area contributed by atoms with Crippen molar-refractivity contribution >= 4 is 107 Å². The van der Waals surface area contributed by atoms with Gasteiger partial charge in [0, 0.05) is 10.8 Å². The number of hydrogen-bond acceptors (Lipinski definition) is 25. The van der Waals surface area contributed by atoms with E-state index in [-0.39, 0.29) is 85.1 Å². The van der Waals surface area contributed by atoms with Gasteiger partial charge in [-0.05, 0) is 54.6 Å². The molecule has 0 radical (unpaired) electrons. The van der Waals surface area contributed by atoms with Crippen molar-refractivity contribution < 1.29 is 83.0 Å². The molecule has 4 rings (SSSR count). The van der Waals surface area contributed by atoms with Crippen LogP contribution in [0.15, 0.2) is 101 Å². The highest BCUT2D eigenvalue weighted by molar-refractivity contribution is 7.94. The Kier molecular flexibility index (Phi) is 17.1. The fourth-order valence-electron chi connectivity index (χ4n) is 4.26. The molecule has 0 saturated carbocycles. The van der Waals surface area contributed by atoms with Gasteiger partial charge in [-0.1, -0.05) is 21.2 Å². The first-order valence-electron chi connectivity index (χ1n) is 14.2. The van der Waals surface area contributed by atoms with Crippen LogP contribution >= 0.6 is 36.7 Å². The third-order valence-corrected chi connectivity index (χ3v) is 12.1. The minimum absolute atomic E-state index is 0.0101. The lowest BCUT2D eigenvalue weighted by molar-refractivity contribution is -0.434. The Morgan fingerprint density at radius 3 is 1.95 bits per heavy atom. The Morgan fingerprint density at radius 2 is 1.33 bits per heavy atom. The minimum Gasteiger partial charge on any atom is -0.505 e. The molecule has 0 heterocycles. The summed E-state index contributed by atoms with van der Waals surface area (Å²) in [6.45, 7) is -0.737. The molecule has 1 unspecified atom stereocenters. The second kappa shape index (κ2) is 21.2. The number of phenolic OH excluding ortho intramolecular Hbond substituents is 1. The molecule has 1 atom stereocenters. The van der Waals surface area contributed by atoms with Crippen molar-refractivity contribution in [3.05, 3.63) is 60.7 Å². The quantitative estimate of drug-likeness (QED) is 0.00930. The first kappa shape index (κ1) is 44.3. The number of anilines is 1. The number of nitrogens with zero attached hydrogens (tertiary/aromatic N) is 4. The summed E-state index contributed by atoms with van der Waals surface area (Å²) in [7, 11) is -7.94. The van der Waals surface area contributed by atoms with E-state index >= 15 is 0 Å². The molecule has 23 nitrogen and oxygen atoms in total. The van der Waals surface area contributed by atoms with E-state index in [9.17, 15) is 30.7 Å². The normalized spacial score (nSPS) is 13.0. The fraction of sp³-hybridized carbons (Fsp3) is 0.154. The summed E-state index contributed by atoms with van der Waals surface area (Å²) in [6.07, 6.45) is 0. The zero-order valence-corrected chi connectivity index (χ0v) is 31.9. The Morgan fingerprint density at radius 1 is 0.709 bits per heavy atom. The van der Waals surface area contributed by atoms with Gasteiger partial charge in [-0.2, -0.15) is 5.11 Å². The Labute approximate surface area is 325 Å². The van der Waals surface area contributed by atoms with E-state index < -0.39 is 59.5 Å². The van der Waals surface area contributed by atoms with Gasteiger partial charge in [0.1, 0.15) is 17.1 Å². The monoisotopic (exact) mass is 887 g/mol. The molecule has 29 heteroatoms. The molecule has 0 amide bonds. The van der Waals surface area contributed by atoms with Crippen LogP contribution in [0, 0.1) is 0 Å². The number of aromatic hydroxyl groups is 1. The number of fused-ring (bicyclic) bond motifs is 1. The van der Waals surface area contributed by atoms with Gasteiger partial charge in [-0.25, -0.2) is 36.8 Å². The molecular formula is C26H25N5O18S6. The number of benzene rings is 4. The molecule has 0 aliphatic rings. The zero-order chi connectivity index (χ0) is 40.0. The summed E-state index contributed by atoms with van der Waals surface area (Å²) in [5, 5.41) is 63.2. The molecule has 0 aromatic heterocycles. The topological polar surface area (TPSA) is 336 Å². The average Bonchev–Trinajstić information content (AvgIpc) is 3.16. The maximum atomic E-state index is 12.8. The van der Waals surface area contributed by atoms with Crippen LogP contribution in [0.1, 0.15) is 0 Å². The van der Waals surface area contributed by atoms with E-state index in [2.05, 4.69) is 48.6 Å². The Hall–Kier alpha value is -3.44.